The lowest BCUT2D eigenvalue weighted by Gasteiger charge is -2.29. The first-order chi connectivity index (χ1) is 18.0. The topological polar surface area (TPSA) is 109 Å². The minimum atomic E-state index is -0.123. The number of rotatable bonds is 9. The highest BCUT2D eigenvalue weighted by atomic mass is 16.5. The number of carbonyl (C=O) groups is 2. The molecule has 196 valence electrons. The Kier molecular flexibility index (Phi) is 7.44. The summed E-state index contributed by atoms with van der Waals surface area (Å²) in [7, 11) is 0. The van der Waals surface area contributed by atoms with Gasteiger partial charge >= 0.3 is 0 Å². The zero-order valence-corrected chi connectivity index (χ0v) is 22.0. The third kappa shape index (κ3) is 5.63. The van der Waals surface area contributed by atoms with E-state index in [0.717, 1.165) is 60.3 Å². The number of aromatic amines is 1. The van der Waals surface area contributed by atoms with Gasteiger partial charge in [-0.25, -0.2) is 9.97 Å². The van der Waals surface area contributed by atoms with Gasteiger partial charge in [-0.1, -0.05) is 19.9 Å². The van der Waals surface area contributed by atoms with Crippen molar-refractivity contribution >= 4 is 22.8 Å². The normalized spacial score (nSPS) is 19.5. The minimum absolute atomic E-state index is 0.0802. The summed E-state index contributed by atoms with van der Waals surface area (Å²) in [6, 6.07) is 6.55. The fourth-order valence-corrected chi connectivity index (χ4v) is 5.17. The molecule has 0 spiro atoms. The van der Waals surface area contributed by atoms with Crippen LogP contribution in [-0.4, -0.2) is 45.5 Å². The number of benzene rings is 1. The SMILES string of the molecule is CCC(=O)NC1CCC(NC(=O)c2c(C)[nH]c3c(-c4cc(CC)ccc4OCC4CC4)ncnc23)CC1. The second-order valence-electron chi connectivity index (χ2n) is 10.5. The van der Waals surface area contributed by atoms with E-state index in [9.17, 15) is 9.59 Å². The minimum Gasteiger partial charge on any atom is -0.493 e. The monoisotopic (exact) mass is 503 g/mol. The van der Waals surface area contributed by atoms with Gasteiger partial charge in [0, 0.05) is 29.8 Å². The van der Waals surface area contributed by atoms with Crippen LogP contribution in [0.3, 0.4) is 0 Å². The molecule has 8 nitrogen and oxygen atoms in total. The van der Waals surface area contributed by atoms with Gasteiger partial charge in [-0.05, 0) is 75.5 Å². The van der Waals surface area contributed by atoms with Crippen molar-refractivity contribution in [2.45, 2.75) is 84.2 Å². The van der Waals surface area contributed by atoms with Crippen molar-refractivity contribution in [2.75, 3.05) is 6.61 Å². The van der Waals surface area contributed by atoms with E-state index < -0.39 is 0 Å². The molecular weight excluding hydrogens is 466 g/mol. The molecule has 0 aliphatic heterocycles. The molecule has 0 unspecified atom stereocenters. The second kappa shape index (κ2) is 10.9. The Morgan fingerprint density at radius 3 is 2.43 bits per heavy atom. The van der Waals surface area contributed by atoms with Crippen molar-refractivity contribution in [2.24, 2.45) is 5.92 Å². The number of nitrogens with one attached hydrogen (secondary N) is 3. The summed E-state index contributed by atoms with van der Waals surface area (Å²) in [6.07, 6.45) is 8.81. The zero-order valence-electron chi connectivity index (χ0n) is 22.0. The summed E-state index contributed by atoms with van der Waals surface area (Å²) < 4.78 is 6.21. The molecule has 2 aromatic heterocycles. The molecule has 2 heterocycles. The first-order valence-corrected chi connectivity index (χ1v) is 13.7. The van der Waals surface area contributed by atoms with Gasteiger partial charge in [0.2, 0.25) is 5.91 Å². The van der Waals surface area contributed by atoms with Crippen molar-refractivity contribution in [1.29, 1.82) is 0 Å². The molecule has 5 rings (SSSR count). The van der Waals surface area contributed by atoms with E-state index in [4.69, 9.17) is 4.74 Å². The van der Waals surface area contributed by atoms with Gasteiger partial charge in [0.1, 0.15) is 23.3 Å². The molecule has 1 aromatic carbocycles. The second-order valence-corrected chi connectivity index (χ2v) is 10.5. The van der Waals surface area contributed by atoms with Crippen LogP contribution < -0.4 is 15.4 Å². The van der Waals surface area contributed by atoms with E-state index in [0.29, 0.717) is 30.0 Å². The quantitative estimate of drug-likeness (QED) is 0.387. The van der Waals surface area contributed by atoms with Crippen LogP contribution in [0.5, 0.6) is 5.75 Å². The Morgan fingerprint density at radius 2 is 1.76 bits per heavy atom. The van der Waals surface area contributed by atoms with Crippen molar-refractivity contribution in [3.8, 4) is 17.0 Å². The smallest absolute Gasteiger partial charge is 0.255 e. The molecule has 0 saturated heterocycles. The van der Waals surface area contributed by atoms with E-state index in [1.54, 1.807) is 0 Å². The third-order valence-electron chi connectivity index (χ3n) is 7.63. The molecule has 0 bridgehead atoms. The molecule has 2 amide bonds. The lowest BCUT2D eigenvalue weighted by molar-refractivity contribution is -0.121. The van der Waals surface area contributed by atoms with Crippen LogP contribution in [0.2, 0.25) is 0 Å². The highest BCUT2D eigenvalue weighted by Gasteiger charge is 2.27. The number of fused-ring (bicyclic) bond motifs is 1. The maximum Gasteiger partial charge on any atom is 0.255 e. The van der Waals surface area contributed by atoms with Gasteiger partial charge in [0.05, 0.1) is 17.7 Å². The van der Waals surface area contributed by atoms with Crippen LogP contribution in [0.1, 0.15) is 80.4 Å². The lowest BCUT2D eigenvalue weighted by Crippen LogP contribution is -2.43. The maximum atomic E-state index is 13.4. The predicted molar refractivity (Wildman–Crippen MR) is 144 cm³/mol. The number of hydrogen-bond acceptors (Lipinski definition) is 5. The predicted octanol–water partition coefficient (Wildman–Crippen LogP) is 4.85. The Morgan fingerprint density at radius 1 is 1.03 bits per heavy atom. The summed E-state index contributed by atoms with van der Waals surface area (Å²) in [4.78, 5) is 37.7. The molecule has 2 aliphatic rings. The van der Waals surface area contributed by atoms with Gasteiger partial charge in [-0.3, -0.25) is 9.59 Å². The number of ether oxygens (including phenoxy) is 1. The fourth-order valence-electron chi connectivity index (χ4n) is 5.17. The largest absolute Gasteiger partial charge is 0.493 e. The average molecular weight is 504 g/mol. The van der Waals surface area contributed by atoms with Crippen LogP contribution in [0.15, 0.2) is 24.5 Å². The molecule has 37 heavy (non-hydrogen) atoms. The summed E-state index contributed by atoms with van der Waals surface area (Å²) in [5.74, 6) is 1.42. The van der Waals surface area contributed by atoms with Crippen LogP contribution in [-0.2, 0) is 11.2 Å². The summed E-state index contributed by atoms with van der Waals surface area (Å²) >= 11 is 0. The fraction of sp³-hybridized carbons (Fsp3) is 0.517. The Bertz CT molecular complexity index is 1290. The summed E-state index contributed by atoms with van der Waals surface area (Å²) in [5, 5.41) is 6.29. The van der Waals surface area contributed by atoms with E-state index >= 15 is 0 Å². The molecular formula is C29H37N5O3. The van der Waals surface area contributed by atoms with Gasteiger partial charge < -0.3 is 20.4 Å². The molecule has 2 saturated carbocycles. The summed E-state index contributed by atoms with van der Waals surface area (Å²) in [6.45, 7) is 6.62. The van der Waals surface area contributed by atoms with Crippen LogP contribution in [0.25, 0.3) is 22.3 Å². The van der Waals surface area contributed by atoms with E-state index in [2.05, 4.69) is 44.6 Å². The Hall–Kier alpha value is -3.42. The first-order valence-electron chi connectivity index (χ1n) is 13.7. The molecule has 2 fully saturated rings. The van der Waals surface area contributed by atoms with Gasteiger partial charge in [-0.2, -0.15) is 0 Å². The molecule has 2 aliphatic carbocycles. The van der Waals surface area contributed by atoms with E-state index in [-0.39, 0.29) is 23.9 Å². The Balaban J connectivity index is 1.38. The van der Waals surface area contributed by atoms with Gasteiger partial charge in [0.25, 0.3) is 5.91 Å². The number of nitrogens with zero attached hydrogens (tertiary/aromatic N) is 2. The number of hydrogen-bond donors (Lipinski definition) is 3. The van der Waals surface area contributed by atoms with Crippen molar-refractivity contribution in [1.82, 2.24) is 25.6 Å². The molecule has 3 N–H and O–H groups in total. The standard InChI is InChI=1S/C29H37N5O3/c1-4-18-8-13-23(37-15-19-6-7-19)22(14-18)26-28-27(31-16-30-26)25(17(3)32-28)29(36)34-21-11-9-20(10-12-21)33-24(35)5-2/h8,13-14,16,19-21,32H,4-7,9-12,15H2,1-3H3,(H,33,35)(H,34,36). The van der Waals surface area contributed by atoms with E-state index in [1.165, 1.54) is 24.7 Å². The summed E-state index contributed by atoms with van der Waals surface area (Å²) in [5.41, 5.74) is 5.58. The number of H-pyrrole nitrogens is 1. The maximum absolute atomic E-state index is 13.4. The van der Waals surface area contributed by atoms with E-state index in [1.807, 2.05) is 19.9 Å². The number of aryl methyl sites for hydroxylation is 2. The van der Waals surface area contributed by atoms with Gasteiger partial charge in [-0.15, -0.1) is 0 Å². The van der Waals surface area contributed by atoms with Crippen molar-refractivity contribution in [3.05, 3.63) is 41.3 Å². The number of aromatic nitrogens is 3. The Labute approximate surface area is 218 Å². The van der Waals surface area contributed by atoms with Crippen LogP contribution in [0.4, 0.5) is 0 Å². The first kappa shape index (κ1) is 25.2. The van der Waals surface area contributed by atoms with Crippen molar-refractivity contribution < 1.29 is 14.3 Å². The van der Waals surface area contributed by atoms with Crippen molar-refractivity contribution in [3.63, 3.8) is 0 Å². The molecule has 3 aromatic rings. The third-order valence-corrected chi connectivity index (χ3v) is 7.63. The number of carbonyl (C=O) groups excluding carboxylic acids is 2. The highest BCUT2D eigenvalue weighted by molar-refractivity contribution is 6.09. The lowest BCUT2D eigenvalue weighted by atomic mass is 9.91. The average Bonchev–Trinajstić information content (AvgIpc) is 3.67. The molecule has 0 atom stereocenters. The van der Waals surface area contributed by atoms with Crippen LogP contribution >= 0.6 is 0 Å². The number of amides is 2. The highest BCUT2D eigenvalue weighted by Crippen LogP contribution is 2.37. The molecule has 8 heteroatoms. The van der Waals surface area contributed by atoms with Gasteiger partial charge in [0.15, 0.2) is 0 Å². The molecule has 0 radical (unpaired) electrons. The van der Waals surface area contributed by atoms with Crippen LogP contribution in [0, 0.1) is 12.8 Å². The zero-order chi connectivity index (χ0) is 25.9.